The van der Waals surface area contributed by atoms with Crippen molar-refractivity contribution in [2.24, 2.45) is 0 Å². The van der Waals surface area contributed by atoms with Crippen LogP contribution < -0.4 is 4.74 Å². The van der Waals surface area contributed by atoms with Crippen LogP contribution in [0.15, 0.2) is 30.5 Å². The van der Waals surface area contributed by atoms with Crippen LogP contribution in [0.25, 0.3) is 0 Å². The highest BCUT2D eigenvalue weighted by molar-refractivity contribution is 5.48. The second-order valence-corrected chi connectivity index (χ2v) is 6.38. The summed E-state index contributed by atoms with van der Waals surface area (Å²) in [5, 5.41) is 7.17. The molecule has 118 valence electrons. The number of amides is 1. The van der Waals surface area contributed by atoms with Gasteiger partial charge in [0.1, 0.15) is 5.75 Å². The van der Waals surface area contributed by atoms with Crippen molar-refractivity contribution in [3.05, 3.63) is 47.3 Å². The Hall–Kier alpha value is -2.30. The van der Waals surface area contributed by atoms with Crippen molar-refractivity contribution in [1.29, 1.82) is 0 Å². The predicted molar refractivity (Wildman–Crippen MR) is 85.6 cm³/mol. The van der Waals surface area contributed by atoms with Crippen molar-refractivity contribution >= 4 is 6.41 Å². The highest BCUT2D eigenvalue weighted by Gasteiger charge is 2.21. The normalized spacial score (nSPS) is 11.3. The molecule has 0 radical (unpaired) electrons. The first-order valence-corrected chi connectivity index (χ1v) is 7.29. The minimum atomic E-state index is -0.0314. The Bertz CT molecular complexity index is 629. The molecule has 0 unspecified atom stereocenters. The number of nitrogens with zero attached hydrogens (tertiary/aromatic N) is 2. The molecule has 1 heterocycles. The Kier molecular flexibility index (Phi) is 4.85. The highest BCUT2D eigenvalue weighted by atomic mass is 16.5. The number of benzene rings is 1. The number of methoxy groups -OCH3 is 1. The molecule has 5 heteroatoms. The topological polar surface area (TPSA) is 58.2 Å². The number of carbonyl (C=O) groups excluding carboxylic acids is 1. The summed E-state index contributed by atoms with van der Waals surface area (Å²) < 4.78 is 5.22. The molecular weight excluding hydrogens is 278 g/mol. The molecule has 1 aromatic heterocycles. The van der Waals surface area contributed by atoms with E-state index in [0.29, 0.717) is 13.1 Å². The Labute approximate surface area is 131 Å². The van der Waals surface area contributed by atoms with Crippen molar-refractivity contribution in [3.8, 4) is 5.75 Å². The number of carbonyl (C=O) groups is 1. The Balaban J connectivity index is 2.13. The first-order valence-electron chi connectivity index (χ1n) is 7.29. The van der Waals surface area contributed by atoms with Crippen LogP contribution in [0.3, 0.4) is 0 Å². The SMILES string of the molecule is COc1cccc(CN(C=O)Cc2cn[nH]c2C(C)(C)C)c1. The standard InChI is InChI=1S/C17H23N3O2/c1-17(2,3)16-14(9-18-19-16)11-20(12-21)10-13-6-5-7-15(8-13)22-4/h5-9,12H,10-11H2,1-4H3,(H,18,19). The minimum absolute atomic E-state index is 0.0314. The van der Waals surface area contributed by atoms with Gasteiger partial charge in [-0.1, -0.05) is 32.9 Å². The lowest BCUT2D eigenvalue weighted by molar-refractivity contribution is -0.119. The van der Waals surface area contributed by atoms with E-state index in [1.165, 1.54) is 0 Å². The molecule has 1 aromatic carbocycles. The summed E-state index contributed by atoms with van der Waals surface area (Å²) in [5.41, 5.74) is 3.11. The molecular formula is C17H23N3O2. The number of hydrogen-bond donors (Lipinski definition) is 1. The minimum Gasteiger partial charge on any atom is -0.497 e. The van der Waals surface area contributed by atoms with Crippen LogP contribution in [0, 0.1) is 0 Å². The average Bonchev–Trinajstić information content (AvgIpc) is 2.95. The van der Waals surface area contributed by atoms with E-state index >= 15 is 0 Å². The fourth-order valence-corrected chi connectivity index (χ4v) is 2.43. The van der Waals surface area contributed by atoms with Gasteiger partial charge in [-0.25, -0.2) is 0 Å². The van der Waals surface area contributed by atoms with E-state index in [9.17, 15) is 4.79 Å². The zero-order chi connectivity index (χ0) is 16.2. The van der Waals surface area contributed by atoms with Crippen LogP contribution >= 0.6 is 0 Å². The van der Waals surface area contributed by atoms with Crippen molar-refractivity contribution in [3.63, 3.8) is 0 Å². The molecule has 22 heavy (non-hydrogen) atoms. The molecule has 0 saturated carbocycles. The van der Waals surface area contributed by atoms with Crippen molar-refractivity contribution in [2.45, 2.75) is 39.3 Å². The third kappa shape index (κ3) is 3.87. The number of rotatable bonds is 6. The third-order valence-corrected chi connectivity index (χ3v) is 3.51. The van der Waals surface area contributed by atoms with Crippen LogP contribution in [0.4, 0.5) is 0 Å². The Morgan fingerprint density at radius 2 is 2.09 bits per heavy atom. The van der Waals surface area contributed by atoms with Crippen LogP contribution in [0.2, 0.25) is 0 Å². The molecule has 5 nitrogen and oxygen atoms in total. The molecule has 2 rings (SSSR count). The molecule has 0 fully saturated rings. The fraction of sp³-hybridized carbons (Fsp3) is 0.412. The van der Waals surface area contributed by atoms with Crippen LogP contribution in [-0.4, -0.2) is 28.6 Å². The van der Waals surface area contributed by atoms with Crippen molar-refractivity contribution in [1.82, 2.24) is 15.1 Å². The monoisotopic (exact) mass is 301 g/mol. The summed E-state index contributed by atoms with van der Waals surface area (Å²) >= 11 is 0. The summed E-state index contributed by atoms with van der Waals surface area (Å²) in [6.07, 6.45) is 2.67. The summed E-state index contributed by atoms with van der Waals surface area (Å²) in [4.78, 5) is 13.1. The number of aromatic nitrogens is 2. The van der Waals surface area contributed by atoms with Gasteiger partial charge in [0.25, 0.3) is 0 Å². The highest BCUT2D eigenvalue weighted by Crippen LogP contribution is 2.24. The van der Waals surface area contributed by atoms with E-state index in [2.05, 4.69) is 31.0 Å². The van der Waals surface area contributed by atoms with Crippen molar-refractivity contribution < 1.29 is 9.53 Å². The van der Waals surface area contributed by atoms with Gasteiger partial charge in [-0.3, -0.25) is 9.89 Å². The van der Waals surface area contributed by atoms with Gasteiger partial charge >= 0.3 is 0 Å². The van der Waals surface area contributed by atoms with Gasteiger partial charge in [-0.15, -0.1) is 0 Å². The quantitative estimate of drug-likeness (QED) is 0.835. The van der Waals surface area contributed by atoms with E-state index in [1.807, 2.05) is 24.3 Å². The van der Waals surface area contributed by atoms with Gasteiger partial charge in [0.05, 0.1) is 13.3 Å². The predicted octanol–water partition coefficient (Wildman–Crippen LogP) is 2.87. The summed E-state index contributed by atoms with van der Waals surface area (Å²) in [6, 6.07) is 7.74. The lowest BCUT2D eigenvalue weighted by Crippen LogP contribution is -2.23. The van der Waals surface area contributed by atoms with E-state index < -0.39 is 0 Å². The number of ether oxygens (including phenoxy) is 1. The van der Waals surface area contributed by atoms with Gasteiger partial charge in [0.15, 0.2) is 0 Å². The van der Waals surface area contributed by atoms with Crippen LogP contribution in [0.5, 0.6) is 5.75 Å². The molecule has 0 saturated heterocycles. The van der Waals surface area contributed by atoms with Gasteiger partial charge in [-0.05, 0) is 17.7 Å². The molecule has 0 spiro atoms. The summed E-state index contributed by atoms with van der Waals surface area (Å²) in [6.45, 7) is 7.44. The smallest absolute Gasteiger partial charge is 0.210 e. The first kappa shape index (κ1) is 16.1. The molecule has 0 aliphatic rings. The molecule has 2 aromatic rings. The second kappa shape index (κ2) is 6.64. The second-order valence-electron chi connectivity index (χ2n) is 6.38. The number of aromatic amines is 1. The van der Waals surface area contributed by atoms with E-state index in [0.717, 1.165) is 29.0 Å². The maximum atomic E-state index is 11.4. The average molecular weight is 301 g/mol. The third-order valence-electron chi connectivity index (χ3n) is 3.51. The number of H-pyrrole nitrogens is 1. The van der Waals surface area contributed by atoms with E-state index in [1.54, 1.807) is 18.2 Å². The molecule has 1 amide bonds. The number of hydrogen-bond acceptors (Lipinski definition) is 3. The lowest BCUT2D eigenvalue weighted by atomic mass is 9.89. The van der Waals surface area contributed by atoms with Gasteiger partial charge in [0.2, 0.25) is 6.41 Å². The molecule has 0 bridgehead atoms. The molecule has 0 aliphatic carbocycles. The Morgan fingerprint density at radius 3 is 2.73 bits per heavy atom. The summed E-state index contributed by atoms with van der Waals surface area (Å²) in [7, 11) is 1.64. The van der Waals surface area contributed by atoms with E-state index in [-0.39, 0.29) is 5.41 Å². The van der Waals surface area contributed by atoms with Crippen LogP contribution in [0.1, 0.15) is 37.6 Å². The van der Waals surface area contributed by atoms with E-state index in [4.69, 9.17) is 4.74 Å². The van der Waals surface area contributed by atoms with Gasteiger partial charge in [-0.2, -0.15) is 5.10 Å². The maximum absolute atomic E-state index is 11.4. The molecule has 0 atom stereocenters. The zero-order valence-corrected chi connectivity index (χ0v) is 13.6. The first-order chi connectivity index (χ1) is 10.4. The van der Waals surface area contributed by atoms with Crippen LogP contribution in [-0.2, 0) is 23.3 Å². The maximum Gasteiger partial charge on any atom is 0.210 e. The largest absolute Gasteiger partial charge is 0.497 e. The molecule has 0 aliphatic heterocycles. The van der Waals surface area contributed by atoms with Gasteiger partial charge < -0.3 is 9.64 Å². The molecule has 1 N–H and O–H groups in total. The van der Waals surface area contributed by atoms with Crippen molar-refractivity contribution in [2.75, 3.05) is 7.11 Å². The lowest BCUT2D eigenvalue weighted by Gasteiger charge is -2.22. The summed E-state index contributed by atoms with van der Waals surface area (Å²) in [5.74, 6) is 0.794. The van der Waals surface area contributed by atoms with Gasteiger partial charge in [0, 0.05) is 29.8 Å². The Morgan fingerprint density at radius 1 is 1.32 bits per heavy atom. The fourth-order valence-electron chi connectivity index (χ4n) is 2.43. The zero-order valence-electron chi connectivity index (χ0n) is 13.6. The number of nitrogens with one attached hydrogen (secondary N) is 1.